The predicted octanol–water partition coefficient (Wildman–Crippen LogP) is 0.257. The van der Waals surface area contributed by atoms with Crippen LogP contribution >= 0.6 is 0 Å². The van der Waals surface area contributed by atoms with E-state index < -0.39 is 24.3 Å². The number of hydrogen-bond acceptors (Lipinski definition) is 5. The summed E-state index contributed by atoms with van der Waals surface area (Å²) in [5.74, 6) is -0.627. The number of benzene rings is 1. The van der Waals surface area contributed by atoms with E-state index in [0.717, 1.165) is 5.56 Å². The van der Waals surface area contributed by atoms with Gasteiger partial charge < -0.3 is 19.3 Å². The Bertz CT molecular complexity index is 432. The molecule has 0 bridgehead atoms. The molecule has 0 aliphatic carbocycles. The van der Waals surface area contributed by atoms with Gasteiger partial charge in [0.05, 0.1) is 13.2 Å². The quantitative estimate of drug-likeness (QED) is 0.779. The first kappa shape index (κ1) is 11.6. The molecule has 18 heavy (non-hydrogen) atoms. The van der Waals surface area contributed by atoms with Gasteiger partial charge in [-0.1, -0.05) is 30.3 Å². The zero-order chi connectivity index (χ0) is 12.5. The van der Waals surface area contributed by atoms with Crippen molar-refractivity contribution >= 4 is 5.97 Å². The van der Waals surface area contributed by atoms with Crippen LogP contribution in [0.5, 0.6) is 0 Å². The summed E-state index contributed by atoms with van der Waals surface area (Å²) in [7, 11) is 0. The Labute approximate surface area is 104 Å². The summed E-state index contributed by atoms with van der Waals surface area (Å²) in [5.41, 5.74) is 1.05. The van der Waals surface area contributed by atoms with E-state index in [4.69, 9.17) is 14.2 Å². The number of esters is 1. The van der Waals surface area contributed by atoms with E-state index in [1.165, 1.54) is 0 Å². The molecule has 1 N–H and O–H groups in total. The lowest BCUT2D eigenvalue weighted by Crippen LogP contribution is -2.32. The predicted molar refractivity (Wildman–Crippen MR) is 60.6 cm³/mol. The molecular weight excluding hydrogens is 236 g/mol. The molecule has 5 heteroatoms. The van der Waals surface area contributed by atoms with E-state index >= 15 is 0 Å². The average Bonchev–Trinajstić information content (AvgIpc) is 2.91. The molecule has 2 aliphatic heterocycles. The zero-order valence-corrected chi connectivity index (χ0v) is 9.69. The molecule has 2 aliphatic rings. The summed E-state index contributed by atoms with van der Waals surface area (Å²) in [4.78, 5) is 11.2. The summed E-state index contributed by atoms with van der Waals surface area (Å²) in [6.07, 6.45) is -2.56. The molecule has 2 saturated heterocycles. The fraction of sp³-hybridized carbons (Fsp3) is 0.462. The number of aliphatic hydroxyl groups excluding tert-OH is 1. The van der Waals surface area contributed by atoms with E-state index in [1.54, 1.807) is 0 Å². The summed E-state index contributed by atoms with van der Waals surface area (Å²) >= 11 is 0. The number of carbonyl (C=O) groups excluding carboxylic acids is 1. The number of rotatable bonds is 3. The van der Waals surface area contributed by atoms with E-state index in [1.807, 2.05) is 30.3 Å². The second-order valence-corrected chi connectivity index (χ2v) is 4.48. The lowest BCUT2D eigenvalue weighted by atomic mass is 10.1. The first-order chi connectivity index (χ1) is 8.75. The van der Waals surface area contributed by atoms with Crippen molar-refractivity contribution < 1.29 is 24.1 Å². The molecule has 1 aromatic carbocycles. The highest BCUT2D eigenvalue weighted by molar-refractivity contribution is 5.78. The van der Waals surface area contributed by atoms with Gasteiger partial charge in [-0.2, -0.15) is 0 Å². The van der Waals surface area contributed by atoms with Crippen LogP contribution in [0.1, 0.15) is 5.56 Å². The normalized spacial score (nSPS) is 34.4. The zero-order valence-electron chi connectivity index (χ0n) is 9.69. The third kappa shape index (κ3) is 2.01. The number of fused-ring (bicyclic) bond motifs is 1. The molecule has 4 atom stereocenters. The van der Waals surface area contributed by atoms with Gasteiger partial charge in [0, 0.05) is 0 Å². The fourth-order valence-corrected chi connectivity index (χ4v) is 2.28. The SMILES string of the molecule is O=C1O[C@H]2[C@H](OC[C@H]2OCc2ccccc2)[C@@H]1O. The van der Waals surface area contributed by atoms with Crippen molar-refractivity contribution in [3.63, 3.8) is 0 Å². The molecule has 5 nitrogen and oxygen atoms in total. The maximum absolute atomic E-state index is 11.2. The van der Waals surface area contributed by atoms with E-state index in [9.17, 15) is 9.90 Å². The number of aliphatic hydroxyl groups is 1. The molecule has 1 aromatic rings. The van der Waals surface area contributed by atoms with Crippen molar-refractivity contribution in [3.8, 4) is 0 Å². The van der Waals surface area contributed by atoms with Crippen molar-refractivity contribution in [1.29, 1.82) is 0 Å². The standard InChI is InChI=1S/C13H14O5/c14-10-12-11(18-13(10)15)9(7-17-12)16-6-8-4-2-1-3-5-8/h1-5,9-12,14H,6-7H2/t9-,10+,11-,12-/m1/s1. The summed E-state index contributed by atoms with van der Waals surface area (Å²) in [5, 5.41) is 9.52. The molecule has 0 aromatic heterocycles. The molecule has 0 saturated carbocycles. The van der Waals surface area contributed by atoms with Crippen LogP contribution in [0.15, 0.2) is 30.3 Å². The van der Waals surface area contributed by atoms with Gasteiger partial charge >= 0.3 is 5.97 Å². The first-order valence-electron chi connectivity index (χ1n) is 5.91. The Morgan fingerprint density at radius 2 is 2.06 bits per heavy atom. The highest BCUT2D eigenvalue weighted by Gasteiger charge is 2.53. The molecule has 96 valence electrons. The third-order valence-corrected chi connectivity index (χ3v) is 3.25. The number of carbonyl (C=O) groups is 1. The van der Waals surface area contributed by atoms with Crippen LogP contribution in [0.3, 0.4) is 0 Å². The minimum Gasteiger partial charge on any atom is -0.455 e. The molecule has 2 fully saturated rings. The van der Waals surface area contributed by atoms with Crippen LogP contribution in [-0.4, -0.2) is 42.1 Å². The van der Waals surface area contributed by atoms with Crippen LogP contribution in [0.2, 0.25) is 0 Å². The van der Waals surface area contributed by atoms with E-state index in [0.29, 0.717) is 13.2 Å². The largest absolute Gasteiger partial charge is 0.455 e. The topological polar surface area (TPSA) is 65.0 Å². The van der Waals surface area contributed by atoms with Crippen LogP contribution in [-0.2, 0) is 25.6 Å². The van der Waals surface area contributed by atoms with Gasteiger partial charge in [-0.3, -0.25) is 0 Å². The monoisotopic (exact) mass is 250 g/mol. The molecule has 0 spiro atoms. The molecule has 3 rings (SSSR count). The first-order valence-corrected chi connectivity index (χ1v) is 5.91. The van der Waals surface area contributed by atoms with Crippen molar-refractivity contribution in [2.45, 2.75) is 31.0 Å². The van der Waals surface area contributed by atoms with E-state index in [-0.39, 0.29) is 6.10 Å². The van der Waals surface area contributed by atoms with Gasteiger partial charge in [0.2, 0.25) is 0 Å². The average molecular weight is 250 g/mol. The van der Waals surface area contributed by atoms with Crippen LogP contribution in [0.25, 0.3) is 0 Å². The smallest absolute Gasteiger partial charge is 0.338 e. The highest BCUT2D eigenvalue weighted by atomic mass is 16.6. The van der Waals surface area contributed by atoms with Gasteiger partial charge in [-0.05, 0) is 5.56 Å². The molecule has 0 radical (unpaired) electrons. The van der Waals surface area contributed by atoms with Crippen molar-refractivity contribution in [1.82, 2.24) is 0 Å². The van der Waals surface area contributed by atoms with Gasteiger partial charge in [0.15, 0.2) is 12.2 Å². The lowest BCUT2D eigenvalue weighted by Gasteiger charge is -2.16. The summed E-state index contributed by atoms with van der Waals surface area (Å²) < 4.78 is 16.1. The van der Waals surface area contributed by atoms with Crippen molar-refractivity contribution in [2.75, 3.05) is 6.61 Å². The highest BCUT2D eigenvalue weighted by Crippen LogP contribution is 2.30. The number of ether oxygens (including phenoxy) is 3. The van der Waals surface area contributed by atoms with Crippen LogP contribution in [0, 0.1) is 0 Å². The van der Waals surface area contributed by atoms with Gasteiger partial charge in [-0.25, -0.2) is 4.79 Å². The molecule has 0 amide bonds. The van der Waals surface area contributed by atoms with Crippen molar-refractivity contribution in [3.05, 3.63) is 35.9 Å². The van der Waals surface area contributed by atoms with Crippen LogP contribution < -0.4 is 0 Å². The second kappa shape index (κ2) is 4.68. The molecule has 2 heterocycles. The van der Waals surface area contributed by atoms with Gasteiger partial charge in [0.1, 0.15) is 12.2 Å². The van der Waals surface area contributed by atoms with E-state index in [2.05, 4.69) is 0 Å². The molecule has 0 unspecified atom stereocenters. The minimum atomic E-state index is -1.18. The Morgan fingerprint density at radius 3 is 2.83 bits per heavy atom. The Kier molecular flexibility index (Phi) is 3.03. The number of hydrogen-bond donors (Lipinski definition) is 1. The Morgan fingerprint density at radius 1 is 1.28 bits per heavy atom. The summed E-state index contributed by atoms with van der Waals surface area (Å²) in [6.45, 7) is 0.776. The summed E-state index contributed by atoms with van der Waals surface area (Å²) in [6, 6.07) is 9.73. The van der Waals surface area contributed by atoms with Gasteiger partial charge in [-0.15, -0.1) is 0 Å². The maximum atomic E-state index is 11.2. The fourth-order valence-electron chi connectivity index (χ4n) is 2.28. The Hall–Kier alpha value is -1.43. The third-order valence-electron chi connectivity index (χ3n) is 3.25. The Balaban J connectivity index is 1.60. The minimum absolute atomic E-state index is 0.309. The lowest BCUT2D eigenvalue weighted by molar-refractivity contribution is -0.153. The van der Waals surface area contributed by atoms with Gasteiger partial charge in [0.25, 0.3) is 0 Å². The van der Waals surface area contributed by atoms with Crippen LogP contribution in [0.4, 0.5) is 0 Å². The molecular formula is C13H14O5. The maximum Gasteiger partial charge on any atom is 0.338 e. The van der Waals surface area contributed by atoms with Crippen molar-refractivity contribution in [2.24, 2.45) is 0 Å². The second-order valence-electron chi connectivity index (χ2n) is 4.48.